The van der Waals surface area contributed by atoms with Gasteiger partial charge >= 0.3 is 0 Å². The predicted molar refractivity (Wildman–Crippen MR) is 139 cm³/mol. The average Bonchev–Trinajstić information content (AvgIpc) is 3.73. The normalized spacial score (nSPS) is 23.4. The highest BCUT2D eigenvalue weighted by Crippen LogP contribution is 2.58. The third kappa shape index (κ3) is 3.87. The number of amides is 2. The van der Waals surface area contributed by atoms with E-state index in [4.69, 9.17) is 5.73 Å². The molecule has 2 aromatic carbocycles. The lowest BCUT2D eigenvalue weighted by molar-refractivity contribution is -0.117. The highest BCUT2D eigenvalue weighted by molar-refractivity contribution is 6.06. The number of carbonyl (C=O) groups is 2. The number of nitrogens with zero attached hydrogens (tertiary/aromatic N) is 1. The van der Waals surface area contributed by atoms with Gasteiger partial charge in [-0.1, -0.05) is 49.8 Å². The second-order valence-electron chi connectivity index (χ2n) is 10.5. The number of nitrogens with two attached hydrogens (primary N) is 1. The van der Waals surface area contributed by atoms with E-state index in [0.717, 1.165) is 24.1 Å². The third-order valence-electron chi connectivity index (χ3n) is 7.73. The smallest absolute Gasteiger partial charge is 0.248 e. The zero-order valence-corrected chi connectivity index (χ0v) is 20.3. The average molecular weight is 467 g/mol. The molecular weight excluding hydrogens is 436 g/mol. The Hall–Kier alpha value is -3.67. The van der Waals surface area contributed by atoms with Crippen LogP contribution < -0.4 is 16.4 Å². The number of fused-ring (bicyclic) bond motifs is 3. The number of nitrogens with one attached hydrogen (secondary N) is 2. The van der Waals surface area contributed by atoms with Crippen molar-refractivity contribution in [2.45, 2.75) is 46.1 Å². The predicted octanol–water partition coefficient (Wildman–Crippen LogP) is 4.62. The van der Waals surface area contributed by atoms with E-state index < -0.39 is 0 Å². The first-order valence-electron chi connectivity index (χ1n) is 12.4. The van der Waals surface area contributed by atoms with E-state index >= 15 is 0 Å². The number of allylic oxidation sites excluding steroid dienone is 3. The lowest BCUT2D eigenvalue weighted by Crippen LogP contribution is -2.36. The van der Waals surface area contributed by atoms with Crippen molar-refractivity contribution in [3.63, 3.8) is 0 Å². The van der Waals surface area contributed by atoms with Gasteiger partial charge in [0.1, 0.15) is 0 Å². The van der Waals surface area contributed by atoms with Gasteiger partial charge in [-0.2, -0.15) is 0 Å². The summed E-state index contributed by atoms with van der Waals surface area (Å²) in [5.41, 5.74) is 16.3. The molecule has 1 fully saturated rings. The molecule has 0 saturated heterocycles. The largest absolute Gasteiger partial charge is 0.366 e. The second kappa shape index (κ2) is 7.94. The van der Waals surface area contributed by atoms with Gasteiger partial charge in [0.05, 0.1) is 12.2 Å². The monoisotopic (exact) mass is 466 g/mol. The Morgan fingerprint density at radius 3 is 2.66 bits per heavy atom. The van der Waals surface area contributed by atoms with Crippen LogP contribution in [0.3, 0.4) is 0 Å². The van der Waals surface area contributed by atoms with Gasteiger partial charge in [0, 0.05) is 24.0 Å². The quantitative estimate of drug-likeness (QED) is 0.600. The molecule has 4 aliphatic rings. The number of anilines is 1. The first kappa shape index (κ1) is 21.8. The topological polar surface area (TPSA) is 96.6 Å². The van der Waals surface area contributed by atoms with E-state index in [1.165, 1.54) is 40.3 Å². The maximum absolute atomic E-state index is 11.9. The zero-order chi connectivity index (χ0) is 24.4. The molecule has 1 saturated carbocycles. The zero-order valence-electron chi connectivity index (χ0n) is 20.3. The van der Waals surface area contributed by atoms with Crippen molar-refractivity contribution in [3.05, 3.63) is 75.4 Å². The Morgan fingerprint density at radius 1 is 1.14 bits per heavy atom. The second-order valence-corrected chi connectivity index (χ2v) is 10.5. The molecular formula is C29H30N4O2. The number of primary amides is 1. The van der Waals surface area contributed by atoms with Crippen molar-refractivity contribution < 1.29 is 9.59 Å². The number of guanidine groups is 1. The van der Waals surface area contributed by atoms with Crippen LogP contribution in [0.15, 0.2) is 47.0 Å². The summed E-state index contributed by atoms with van der Waals surface area (Å²) >= 11 is 0. The first-order valence-corrected chi connectivity index (χ1v) is 12.4. The van der Waals surface area contributed by atoms with E-state index in [1.54, 1.807) is 0 Å². The highest BCUT2D eigenvalue weighted by atomic mass is 16.1. The van der Waals surface area contributed by atoms with Crippen molar-refractivity contribution >= 4 is 35.1 Å². The summed E-state index contributed by atoms with van der Waals surface area (Å²) in [6.07, 6.45) is 6.69. The molecule has 0 aromatic heterocycles. The van der Waals surface area contributed by atoms with E-state index in [9.17, 15) is 9.59 Å². The standard InChI is InChI=1S/C29H30N4O2/c1-14(2)21-11-25(21)20-7-6-17(28(30)35)9-24(20)26-12-22(26)19-8-16-4-5-18-13-31-29(32-15(3)34)33-27(18)23(16)10-19/h4-7,9-11,14,21-22,26H,8,12-13H2,1-3H3,(H2,30,35)(H2,31,32,33,34). The van der Waals surface area contributed by atoms with Gasteiger partial charge < -0.3 is 11.1 Å². The molecule has 1 heterocycles. The molecule has 1 aliphatic heterocycles. The molecule has 0 spiro atoms. The Labute approximate surface area is 205 Å². The van der Waals surface area contributed by atoms with Gasteiger partial charge in [-0.3, -0.25) is 14.9 Å². The molecule has 6 rings (SSSR count). The highest BCUT2D eigenvalue weighted by Gasteiger charge is 2.45. The Bertz CT molecular complexity index is 1380. The van der Waals surface area contributed by atoms with Crippen LogP contribution in [-0.2, 0) is 17.8 Å². The van der Waals surface area contributed by atoms with E-state index in [0.29, 0.717) is 41.7 Å². The summed E-state index contributed by atoms with van der Waals surface area (Å²) in [5, 5.41) is 6.11. The minimum atomic E-state index is -0.373. The molecule has 0 bridgehead atoms. The SMILES string of the molecule is CC(=O)NC1=NCc2ccc3c(c2N1)C=C(C1CC1c1cc(C(N)=O)ccc1C1=CC1C(C)C)C3. The summed E-state index contributed by atoms with van der Waals surface area (Å²) in [6, 6.07) is 10.3. The van der Waals surface area contributed by atoms with E-state index in [-0.39, 0.29) is 11.8 Å². The van der Waals surface area contributed by atoms with Crippen molar-refractivity contribution in [2.75, 3.05) is 5.32 Å². The van der Waals surface area contributed by atoms with E-state index in [1.807, 2.05) is 12.1 Å². The summed E-state index contributed by atoms with van der Waals surface area (Å²) < 4.78 is 0. The Kier molecular flexibility index (Phi) is 4.95. The lowest BCUT2D eigenvalue weighted by atomic mass is 9.92. The lowest BCUT2D eigenvalue weighted by Gasteiger charge is -2.21. The number of rotatable bonds is 5. The molecule has 6 nitrogen and oxygen atoms in total. The molecule has 4 N–H and O–H groups in total. The van der Waals surface area contributed by atoms with Gasteiger partial charge in [-0.15, -0.1) is 0 Å². The van der Waals surface area contributed by atoms with Crippen molar-refractivity contribution in [2.24, 2.45) is 28.5 Å². The fraction of sp³-hybridized carbons (Fsp3) is 0.345. The van der Waals surface area contributed by atoms with Crippen LogP contribution in [-0.4, -0.2) is 17.8 Å². The van der Waals surface area contributed by atoms with Gasteiger partial charge in [0.15, 0.2) is 0 Å². The van der Waals surface area contributed by atoms with Crippen LogP contribution in [0.25, 0.3) is 11.6 Å². The third-order valence-corrected chi connectivity index (χ3v) is 7.73. The maximum Gasteiger partial charge on any atom is 0.248 e. The van der Waals surface area contributed by atoms with Crippen LogP contribution >= 0.6 is 0 Å². The van der Waals surface area contributed by atoms with Crippen LogP contribution in [0.1, 0.15) is 71.3 Å². The van der Waals surface area contributed by atoms with Crippen LogP contribution in [0, 0.1) is 17.8 Å². The maximum atomic E-state index is 11.9. The first-order chi connectivity index (χ1) is 16.8. The number of hydrogen-bond acceptors (Lipinski definition) is 4. The Balaban J connectivity index is 1.28. The van der Waals surface area contributed by atoms with E-state index in [2.05, 4.69) is 59.8 Å². The molecule has 3 unspecified atom stereocenters. The van der Waals surface area contributed by atoms with Gasteiger partial charge in [-0.25, -0.2) is 4.99 Å². The van der Waals surface area contributed by atoms with Crippen LogP contribution in [0.5, 0.6) is 0 Å². The molecule has 35 heavy (non-hydrogen) atoms. The summed E-state index contributed by atoms with van der Waals surface area (Å²) in [6.45, 7) is 6.55. The summed E-state index contributed by atoms with van der Waals surface area (Å²) in [5.74, 6) is 1.97. The number of benzene rings is 2. The van der Waals surface area contributed by atoms with Crippen molar-refractivity contribution in [3.8, 4) is 0 Å². The van der Waals surface area contributed by atoms with Gasteiger partial charge in [0.25, 0.3) is 0 Å². The van der Waals surface area contributed by atoms with Gasteiger partial charge in [-0.05, 0) is 70.6 Å². The van der Waals surface area contributed by atoms with Gasteiger partial charge in [0.2, 0.25) is 17.8 Å². The molecule has 178 valence electrons. The molecule has 2 aromatic rings. The van der Waals surface area contributed by atoms with Crippen LogP contribution in [0.2, 0.25) is 0 Å². The minimum Gasteiger partial charge on any atom is -0.366 e. The number of aliphatic imine (C=N–C) groups is 1. The molecule has 0 radical (unpaired) electrons. The molecule has 3 aliphatic carbocycles. The fourth-order valence-corrected chi connectivity index (χ4v) is 5.76. The summed E-state index contributed by atoms with van der Waals surface area (Å²) in [4.78, 5) is 27.9. The molecule has 2 amide bonds. The van der Waals surface area contributed by atoms with Crippen molar-refractivity contribution in [1.29, 1.82) is 0 Å². The Morgan fingerprint density at radius 2 is 1.94 bits per heavy atom. The number of carbonyl (C=O) groups excluding carboxylic acids is 2. The molecule has 3 atom stereocenters. The minimum absolute atomic E-state index is 0.135. The molecule has 6 heteroatoms. The van der Waals surface area contributed by atoms with Crippen molar-refractivity contribution in [1.82, 2.24) is 5.32 Å². The van der Waals surface area contributed by atoms with Crippen LogP contribution in [0.4, 0.5) is 5.69 Å². The fourth-order valence-electron chi connectivity index (χ4n) is 5.76. The summed E-state index contributed by atoms with van der Waals surface area (Å²) in [7, 11) is 0. The number of hydrogen-bond donors (Lipinski definition) is 3.